The molecule has 0 bridgehead atoms. The molecule has 2 heterocycles. The SMILES string of the molecule is O=C(NCCc1nnc2ccccn12)c1ccc(S(=O)(=O)Nc2ccc(Cl)cc2)cc1. The van der Waals surface area contributed by atoms with Crippen LogP contribution in [0.3, 0.4) is 0 Å². The first-order valence-corrected chi connectivity index (χ1v) is 11.2. The predicted octanol–water partition coefficient (Wildman–Crippen LogP) is 3.16. The lowest BCUT2D eigenvalue weighted by Crippen LogP contribution is -2.26. The number of sulfonamides is 1. The molecule has 0 radical (unpaired) electrons. The summed E-state index contributed by atoms with van der Waals surface area (Å²) in [4.78, 5) is 12.4. The molecule has 2 N–H and O–H groups in total. The van der Waals surface area contributed by atoms with Crippen molar-refractivity contribution in [3.8, 4) is 0 Å². The average Bonchev–Trinajstić information content (AvgIpc) is 3.18. The molecule has 31 heavy (non-hydrogen) atoms. The van der Waals surface area contributed by atoms with Crippen molar-refractivity contribution in [1.82, 2.24) is 19.9 Å². The maximum absolute atomic E-state index is 12.5. The second kappa shape index (κ2) is 8.75. The first-order chi connectivity index (χ1) is 14.9. The summed E-state index contributed by atoms with van der Waals surface area (Å²) in [7, 11) is -3.78. The van der Waals surface area contributed by atoms with Crippen molar-refractivity contribution in [3.63, 3.8) is 0 Å². The lowest BCUT2D eigenvalue weighted by molar-refractivity contribution is 0.0954. The van der Waals surface area contributed by atoms with Crippen molar-refractivity contribution in [2.24, 2.45) is 0 Å². The van der Waals surface area contributed by atoms with Crippen molar-refractivity contribution < 1.29 is 13.2 Å². The summed E-state index contributed by atoms with van der Waals surface area (Å²) in [5, 5.41) is 11.5. The Labute approximate surface area is 183 Å². The molecule has 0 aliphatic rings. The maximum atomic E-state index is 12.5. The number of amides is 1. The van der Waals surface area contributed by atoms with E-state index >= 15 is 0 Å². The Kier molecular flexibility index (Phi) is 5.88. The van der Waals surface area contributed by atoms with Crippen molar-refractivity contribution >= 4 is 38.9 Å². The zero-order chi connectivity index (χ0) is 21.8. The summed E-state index contributed by atoms with van der Waals surface area (Å²) in [6.07, 6.45) is 2.37. The standard InChI is InChI=1S/C21H18ClN5O3S/c22-16-6-8-17(9-7-16)26-31(29,30)18-10-4-15(5-11-18)21(28)23-13-12-20-25-24-19-3-1-2-14-27(19)20/h1-11,14,26H,12-13H2,(H,23,28). The van der Waals surface area contributed by atoms with Gasteiger partial charge in [0.15, 0.2) is 5.65 Å². The second-order valence-corrected chi connectivity index (χ2v) is 8.81. The van der Waals surface area contributed by atoms with Gasteiger partial charge >= 0.3 is 0 Å². The second-order valence-electron chi connectivity index (χ2n) is 6.69. The van der Waals surface area contributed by atoms with Crippen LogP contribution in [-0.4, -0.2) is 35.5 Å². The van der Waals surface area contributed by atoms with Crippen LogP contribution >= 0.6 is 11.6 Å². The number of anilines is 1. The van der Waals surface area contributed by atoms with Crippen LogP contribution in [0.1, 0.15) is 16.2 Å². The number of nitrogens with zero attached hydrogens (tertiary/aromatic N) is 3. The van der Waals surface area contributed by atoms with Crippen molar-refractivity contribution in [2.75, 3.05) is 11.3 Å². The topological polar surface area (TPSA) is 105 Å². The Morgan fingerprint density at radius 3 is 2.45 bits per heavy atom. The number of hydrogen-bond donors (Lipinski definition) is 2. The van der Waals surface area contributed by atoms with E-state index in [4.69, 9.17) is 11.6 Å². The lowest BCUT2D eigenvalue weighted by Gasteiger charge is -2.09. The number of fused-ring (bicyclic) bond motifs is 1. The van der Waals surface area contributed by atoms with Gasteiger partial charge in [0.2, 0.25) is 0 Å². The number of benzene rings is 2. The van der Waals surface area contributed by atoms with Gasteiger partial charge in [-0.25, -0.2) is 8.42 Å². The third-order valence-electron chi connectivity index (χ3n) is 4.54. The normalized spacial score (nSPS) is 11.4. The third kappa shape index (κ3) is 4.84. The fraction of sp³-hybridized carbons (Fsp3) is 0.0952. The number of carbonyl (C=O) groups excluding carboxylic acids is 1. The zero-order valence-corrected chi connectivity index (χ0v) is 17.8. The van der Waals surface area contributed by atoms with Crippen LogP contribution in [0.5, 0.6) is 0 Å². The highest BCUT2D eigenvalue weighted by Gasteiger charge is 2.15. The molecule has 0 saturated heterocycles. The average molecular weight is 456 g/mol. The number of hydrogen-bond acceptors (Lipinski definition) is 5. The van der Waals surface area contributed by atoms with Crippen LogP contribution in [0.4, 0.5) is 5.69 Å². The van der Waals surface area contributed by atoms with Crippen molar-refractivity contribution in [2.45, 2.75) is 11.3 Å². The zero-order valence-electron chi connectivity index (χ0n) is 16.2. The summed E-state index contributed by atoms with van der Waals surface area (Å²) in [6.45, 7) is 0.368. The molecular weight excluding hydrogens is 438 g/mol. The summed E-state index contributed by atoms with van der Waals surface area (Å²) in [5.41, 5.74) is 1.50. The van der Waals surface area contributed by atoms with E-state index < -0.39 is 10.0 Å². The fourth-order valence-electron chi connectivity index (χ4n) is 2.97. The monoisotopic (exact) mass is 455 g/mol. The van der Waals surface area contributed by atoms with Gasteiger partial charge in [0.1, 0.15) is 5.82 Å². The first kappa shape index (κ1) is 20.8. The Morgan fingerprint density at radius 1 is 0.968 bits per heavy atom. The molecule has 0 atom stereocenters. The molecule has 0 fully saturated rings. The van der Waals surface area contributed by atoms with Crippen LogP contribution in [0.15, 0.2) is 77.8 Å². The highest BCUT2D eigenvalue weighted by atomic mass is 35.5. The summed E-state index contributed by atoms with van der Waals surface area (Å²) in [5.74, 6) is 0.439. The highest BCUT2D eigenvalue weighted by Crippen LogP contribution is 2.19. The first-order valence-electron chi connectivity index (χ1n) is 9.38. The van der Waals surface area contributed by atoms with E-state index in [1.165, 1.54) is 24.3 Å². The van der Waals surface area contributed by atoms with Gasteiger partial charge < -0.3 is 5.32 Å². The number of carbonyl (C=O) groups is 1. The molecule has 2 aromatic heterocycles. The van der Waals surface area contributed by atoms with Gasteiger partial charge in [-0.3, -0.25) is 13.9 Å². The van der Waals surface area contributed by atoms with Gasteiger partial charge in [0.25, 0.3) is 15.9 Å². The van der Waals surface area contributed by atoms with Crippen LogP contribution in [0.2, 0.25) is 5.02 Å². The largest absolute Gasteiger partial charge is 0.352 e. The van der Waals surface area contributed by atoms with E-state index in [9.17, 15) is 13.2 Å². The molecule has 0 spiro atoms. The Morgan fingerprint density at radius 2 is 1.71 bits per heavy atom. The Bertz CT molecular complexity index is 1320. The van der Waals surface area contributed by atoms with Gasteiger partial charge in [-0.15, -0.1) is 10.2 Å². The molecule has 10 heteroatoms. The number of rotatable bonds is 7. The maximum Gasteiger partial charge on any atom is 0.261 e. The van der Waals surface area contributed by atoms with Gasteiger partial charge in [0.05, 0.1) is 4.90 Å². The predicted molar refractivity (Wildman–Crippen MR) is 118 cm³/mol. The molecule has 8 nitrogen and oxygen atoms in total. The third-order valence-corrected chi connectivity index (χ3v) is 6.19. The molecule has 4 aromatic rings. The van der Waals surface area contributed by atoms with E-state index in [2.05, 4.69) is 20.2 Å². The molecule has 0 saturated carbocycles. The van der Waals surface area contributed by atoms with E-state index in [1.807, 2.05) is 28.8 Å². The lowest BCUT2D eigenvalue weighted by atomic mass is 10.2. The molecule has 4 rings (SSSR count). The quantitative estimate of drug-likeness (QED) is 0.445. The van der Waals surface area contributed by atoms with Gasteiger partial charge in [-0.2, -0.15) is 0 Å². The van der Waals surface area contributed by atoms with Crippen molar-refractivity contribution in [1.29, 1.82) is 0 Å². The van der Waals surface area contributed by atoms with Crippen LogP contribution in [-0.2, 0) is 16.4 Å². The minimum Gasteiger partial charge on any atom is -0.352 e. The number of halogens is 1. The summed E-state index contributed by atoms with van der Waals surface area (Å²) >= 11 is 5.81. The minimum absolute atomic E-state index is 0.0499. The highest BCUT2D eigenvalue weighted by molar-refractivity contribution is 7.92. The Hall–Kier alpha value is -3.43. The van der Waals surface area contributed by atoms with E-state index in [0.717, 1.165) is 11.5 Å². The number of nitrogens with one attached hydrogen (secondary N) is 2. The Balaban J connectivity index is 1.36. The molecule has 0 unspecified atom stereocenters. The van der Waals surface area contributed by atoms with Gasteiger partial charge in [-0.05, 0) is 60.7 Å². The van der Waals surface area contributed by atoms with Crippen LogP contribution < -0.4 is 10.0 Å². The molecule has 1 amide bonds. The summed E-state index contributed by atoms with van der Waals surface area (Å²) in [6, 6.07) is 17.7. The minimum atomic E-state index is -3.78. The van der Waals surface area contributed by atoms with E-state index in [1.54, 1.807) is 24.3 Å². The fourth-order valence-corrected chi connectivity index (χ4v) is 4.15. The molecule has 0 aliphatic carbocycles. The molecule has 2 aromatic carbocycles. The van der Waals surface area contributed by atoms with Crippen LogP contribution in [0.25, 0.3) is 5.65 Å². The van der Waals surface area contributed by atoms with E-state index in [0.29, 0.717) is 29.2 Å². The van der Waals surface area contributed by atoms with E-state index in [-0.39, 0.29) is 10.8 Å². The molecule has 158 valence electrons. The van der Waals surface area contributed by atoms with Crippen LogP contribution in [0, 0.1) is 0 Å². The molecule has 0 aliphatic heterocycles. The smallest absolute Gasteiger partial charge is 0.261 e. The van der Waals surface area contributed by atoms with Gasteiger partial charge in [0, 0.05) is 35.4 Å². The molecular formula is C21H18ClN5O3S. The van der Waals surface area contributed by atoms with Crippen molar-refractivity contribution in [3.05, 3.63) is 89.3 Å². The number of aromatic nitrogens is 3. The summed E-state index contributed by atoms with van der Waals surface area (Å²) < 4.78 is 29.4. The number of pyridine rings is 1. The van der Waals surface area contributed by atoms with Gasteiger partial charge in [-0.1, -0.05) is 17.7 Å².